The van der Waals surface area contributed by atoms with E-state index in [1.54, 1.807) is 0 Å². The quantitative estimate of drug-likeness (QED) is 0.904. The van der Waals surface area contributed by atoms with E-state index in [-0.39, 0.29) is 5.82 Å². The first-order chi connectivity index (χ1) is 6.69. The van der Waals surface area contributed by atoms with E-state index in [9.17, 15) is 4.39 Å². The van der Waals surface area contributed by atoms with E-state index in [2.05, 4.69) is 15.9 Å². The van der Waals surface area contributed by atoms with Crippen LogP contribution in [0.1, 0.15) is 12.0 Å². The van der Waals surface area contributed by atoms with E-state index in [0.717, 1.165) is 18.4 Å². The largest absolute Gasteiger partial charge is 0.495 e. The number of methoxy groups -OCH3 is 1. The summed E-state index contributed by atoms with van der Waals surface area (Å²) < 4.78 is 18.7. The molecule has 0 aliphatic heterocycles. The minimum Gasteiger partial charge on any atom is -0.495 e. The summed E-state index contributed by atoms with van der Waals surface area (Å²) in [6.45, 7) is 0.611. The van der Waals surface area contributed by atoms with Crippen molar-refractivity contribution in [3.05, 3.63) is 28.0 Å². The average molecular weight is 262 g/mol. The maximum atomic E-state index is 13.3. The summed E-state index contributed by atoms with van der Waals surface area (Å²) in [5, 5.41) is 0. The van der Waals surface area contributed by atoms with Gasteiger partial charge in [-0.2, -0.15) is 0 Å². The molecule has 0 aromatic heterocycles. The molecule has 0 spiro atoms. The van der Waals surface area contributed by atoms with Crippen molar-refractivity contribution < 1.29 is 9.13 Å². The van der Waals surface area contributed by atoms with Crippen LogP contribution in [-0.4, -0.2) is 13.7 Å². The zero-order valence-electron chi connectivity index (χ0n) is 8.02. The first kappa shape index (κ1) is 11.5. The van der Waals surface area contributed by atoms with Crippen molar-refractivity contribution in [2.75, 3.05) is 13.7 Å². The summed E-state index contributed by atoms with van der Waals surface area (Å²) in [5.74, 6) is 0.230. The third kappa shape index (κ3) is 2.69. The molecule has 0 heterocycles. The van der Waals surface area contributed by atoms with E-state index < -0.39 is 0 Å². The molecular weight excluding hydrogens is 249 g/mol. The molecule has 0 bridgehead atoms. The van der Waals surface area contributed by atoms with Gasteiger partial charge in [-0.3, -0.25) is 0 Å². The van der Waals surface area contributed by atoms with E-state index in [1.807, 2.05) is 6.07 Å². The van der Waals surface area contributed by atoms with Crippen LogP contribution in [0.25, 0.3) is 0 Å². The second-order valence-electron chi connectivity index (χ2n) is 2.99. The second kappa shape index (κ2) is 5.32. The fourth-order valence-corrected chi connectivity index (χ4v) is 1.61. The number of halogens is 2. The Hall–Kier alpha value is -0.610. The second-order valence-corrected chi connectivity index (χ2v) is 3.78. The van der Waals surface area contributed by atoms with Crippen molar-refractivity contribution in [2.45, 2.75) is 12.8 Å². The van der Waals surface area contributed by atoms with Gasteiger partial charge < -0.3 is 10.5 Å². The maximum absolute atomic E-state index is 13.3. The van der Waals surface area contributed by atoms with Crippen LogP contribution in [0.15, 0.2) is 16.6 Å². The van der Waals surface area contributed by atoms with Gasteiger partial charge in [-0.1, -0.05) is 0 Å². The van der Waals surface area contributed by atoms with Gasteiger partial charge in [-0.25, -0.2) is 4.39 Å². The zero-order valence-corrected chi connectivity index (χ0v) is 9.60. The van der Waals surface area contributed by atoms with Crippen LogP contribution in [0, 0.1) is 5.82 Å². The summed E-state index contributed by atoms with van der Waals surface area (Å²) >= 11 is 3.12. The van der Waals surface area contributed by atoms with E-state index in [1.165, 1.54) is 13.2 Å². The van der Waals surface area contributed by atoms with Gasteiger partial charge in [-0.05, 0) is 53.0 Å². The van der Waals surface area contributed by atoms with Gasteiger partial charge in [0.25, 0.3) is 0 Å². The van der Waals surface area contributed by atoms with Crippen LogP contribution in [0.5, 0.6) is 5.75 Å². The number of hydrogen-bond donors (Lipinski definition) is 1. The summed E-state index contributed by atoms with van der Waals surface area (Å²) in [7, 11) is 1.52. The first-order valence-corrected chi connectivity index (χ1v) is 5.20. The van der Waals surface area contributed by atoms with Crippen LogP contribution < -0.4 is 10.5 Å². The lowest BCUT2D eigenvalue weighted by atomic mass is 10.1. The van der Waals surface area contributed by atoms with Crippen molar-refractivity contribution >= 4 is 15.9 Å². The Balaban J connectivity index is 2.91. The lowest BCUT2D eigenvalue weighted by molar-refractivity contribution is 0.407. The fraction of sp³-hybridized carbons (Fsp3) is 0.400. The van der Waals surface area contributed by atoms with Crippen molar-refractivity contribution in [2.24, 2.45) is 5.73 Å². The molecule has 0 aliphatic carbocycles. The van der Waals surface area contributed by atoms with Crippen LogP contribution in [0.2, 0.25) is 0 Å². The highest BCUT2D eigenvalue weighted by Crippen LogP contribution is 2.29. The molecule has 14 heavy (non-hydrogen) atoms. The smallest absolute Gasteiger partial charge is 0.141 e. The lowest BCUT2D eigenvalue weighted by Gasteiger charge is -2.07. The fourth-order valence-electron chi connectivity index (χ4n) is 1.22. The Morgan fingerprint density at radius 2 is 2.21 bits per heavy atom. The minimum atomic E-state index is -0.295. The molecule has 1 aromatic carbocycles. The van der Waals surface area contributed by atoms with Gasteiger partial charge in [0.15, 0.2) is 0 Å². The third-order valence-corrected chi connectivity index (χ3v) is 2.71. The molecule has 1 aromatic rings. The van der Waals surface area contributed by atoms with Crippen molar-refractivity contribution in [3.63, 3.8) is 0 Å². The molecule has 78 valence electrons. The maximum Gasteiger partial charge on any atom is 0.141 e. The SMILES string of the molecule is COc1cc(CCCN)cc(F)c1Br. The first-order valence-electron chi connectivity index (χ1n) is 4.41. The van der Waals surface area contributed by atoms with Crippen LogP contribution >= 0.6 is 15.9 Å². The number of ether oxygens (including phenoxy) is 1. The van der Waals surface area contributed by atoms with E-state index in [4.69, 9.17) is 10.5 Å². The molecule has 0 atom stereocenters. The highest BCUT2D eigenvalue weighted by atomic mass is 79.9. The van der Waals surface area contributed by atoms with Gasteiger partial charge in [0.1, 0.15) is 11.6 Å². The molecule has 0 fully saturated rings. The Morgan fingerprint density at radius 1 is 1.50 bits per heavy atom. The van der Waals surface area contributed by atoms with Crippen LogP contribution in [0.3, 0.4) is 0 Å². The van der Waals surface area contributed by atoms with E-state index >= 15 is 0 Å². The Labute approximate surface area is 91.4 Å². The van der Waals surface area contributed by atoms with Gasteiger partial charge in [0, 0.05) is 0 Å². The summed E-state index contributed by atoms with van der Waals surface area (Å²) in [6, 6.07) is 3.32. The normalized spacial score (nSPS) is 10.3. The van der Waals surface area contributed by atoms with Gasteiger partial charge >= 0.3 is 0 Å². The van der Waals surface area contributed by atoms with Crippen LogP contribution in [0.4, 0.5) is 4.39 Å². The standard InChI is InChI=1S/C10H13BrFNO/c1-14-9-6-7(3-2-4-13)5-8(12)10(9)11/h5-6H,2-4,13H2,1H3. The molecular formula is C10H13BrFNO. The Bertz CT molecular complexity index is 317. The highest BCUT2D eigenvalue weighted by Gasteiger charge is 2.08. The predicted molar refractivity (Wildman–Crippen MR) is 58.0 cm³/mol. The summed E-state index contributed by atoms with van der Waals surface area (Å²) in [4.78, 5) is 0. The molecule has 0 aliphatic rings. The number of nitrogens with two attached hydrogens (primary N) is 1. The minimum absolute atomic E-state index is 0.295. The molecule has 0 saturated heterocycles. The topological polar surface area (TPSA) is 35.2 Å². The zero-order chi connectivity index (χ0) is 10.6. The Morgan fingerprint density at radius 3 is 2.79 bits per heavy atom. The van der Waals surface area contributed by atoms with E-state index in [0.29, 0.717) is 16.8 Å². The number of rotatable bonds is 4. The van der Waals surface area contributed by atoms with Gasteiger partial charge in [-0.15, -0.1) is 0 Å². The molecule has 0 radical (unpaired) electrons. The lowest BCUT2D eigenvalue weighted by Crippen LogP contribution is -2.01. The van der Waals surface area contributed by atoms with Crippen molar-refractivity contribution in [1.29, 1.82) is 0 Å². The molecule has 2 N–H and O–H groups in total. The molecule has 1 rings (SSSR count). The average Bonchev–Trinajstić information content (AvgIpc) is 2.19. The molecule has 4 heteroatoms. The highest BCUT2D eigenvalue weighted by molar-refractivity contribution is 9.10. The monoisotopic (exact) mass is 261 g/mol. The summed E-state index contributed by atoms with van der Waals surface area (Å²) in [6.07, 6.45) is 1.63. The molecule has 0 saturated carbocycles. The van der Waals surface area contributed by atoms with Gasteiger partial charge in [0.2, 0.25) is 0 Å². The summed E-state index contributed by atoms with van der Waals surface area (Å²) in [5.41, 5.74) is 6.29. The van der Waals surface area contributed by atoms with Crippen molar-refractivity contribution in [1.82, 2.24) is 0 Å². The number of benzene rings is 1. The number of aryl methyl sites for hydroxylation is 1. The number of hydrogen-bond acceptors (Lipinski definition) is 2. The van der Waals surface area contributed by atoms with Crippen molar-refractivity contribution in [3.8, 4) is 5.75 Å². The molecule has 0 unspecified atom stereocenters. The molecule has 0 amide bonds. The van der Waals surface area contributed by atoms with Crippen LogP contribution in [-0.2, 0) is 6.42 Å². The predicted octanol–water partition coefficient (Wildman–Crippen LogP) is 2.49. The third-order valence-electron chi connectivity index (χ3n) is 1.94. The molecule has 2 nitrogen and oxygen atoms in total. The Kier molecular flexibility index (Phi) is 4.35. The van der Waals surface area contributed by atoms with Gasteiger partial charge in [0.05, 0.1) is 11.6 Å².